The minimum absolute atomic E-state index is 0.0858. The van der Waals surface area contributed by atoms with E-state index in [0.29, 0.717) is 11.7 Å². The first-order valence-electron chi connectivity index (χ1n) is 9.07. The number of imidazole rings is 1. The Kier molecular flexibility index (Phi) is 5.23. The minimum Gasteiger partial charge on any atom is -0.335 e. The Labute approximate surface area is 150 Å². The van der Waals surface area contributed by atoms with Crippen molar-refractivity contribution in [3.05, 3.63) is 47.6 Å². The largest absolute Gasteiger partial charge is 0.335 e. The van der Waals surface area contributed by atoms with Gasteiger partial charge in [0.05, 0.1) is 6.20 Å². The minimum atomic E-state index is 0.0858. The monoisotopic (exact) mass is 340 g/mol. The van der Waals surface area contributed by atoms with Gasteiger partial charge in [0.15, 0.2) is 0 Å². The molecule has 1 amide bonds. The molecule has 1 aliphatic carbocycles. The lowest BCUT2D eigenvalue weighted by atomic mass is 10.1. The second-order valence-corrected chi connectivity index (χ2v) is 7.10. The van der Waals surface area contributed by atoms with Crippen molar-refractivity contribution in [2.24, 2.45) is 7.05 Å². The summed E-state index contributed by atoms with van der Waals surface area (Å²) in [4.78, 5) is 21.9. The van der Waals surface area contributed by atoms with Gasteiger partial charge in [-0.05, 0) is 32.8 Å². The maximum Gasteiger partial charge on any atom is 0.272 e. The van der Waals surface area contributed by atoms with E-state index in [1.807, 2.05) is 22.6 Å². The highest BCUT2D eigenvalue weighted by atomic mass is 16.2. The van der Waals surface area contributed by atoms with Gasteiger partial charge in [0.2, 0.25) is 0 Å². The van der Waals surface area contributed by atoms with Crippen LogP contribution in [0.4, 0.5) is 0 Å². The van der Waals surface area contributed by atoms with E-state index in [2.05, 4.69) is 48.9 Å². The van der Waals surface area contributed by atoms with E-state index in [4.69, 9.17) is 0 Å². The zero-order valence-corrected chi connectivity index (χ0v) is 15.7. The Morgan fingerprint density at radius 2 is 1.88 bits per heavy atom. The molecular formula is C20H28N4O. The third kappa shape index (κ3) is 3.61. The average molecular weight is 340 g/mol. The molecule has 5 nitrogen and oxygen atoms in total. The fourth-order valence-electron chi connectivity index (χ4n) is 3.49. The maximum absolute atomic E-state index is 12.9. The smallest absolute Gasteiger partial charge is 0.272 e. The van der Waals surface area contributed by atoms with E-state index >= 15 is 0 Å². The quantitative estimate of drug-likeness (QED) is 0.850. The van der Waals surface area contributed by atoms with Crippen molar-refractivity contribution in [3.8, 4) is 0 Å². The van der Waals surface area contributed by atoms with E-state index in [-0.39, 0.29) is 5.91 Å². The van der Waals surface area contributed by atoms with Crippen molar-refractivity contribution in [2.75, 3.05) is 26.2 Å². The number of hydrogen-bond acceptors (Lipinski definition) is 3. The van der Waals surface area contributed by atoms with Gasteiger partial charge in [-0.2, -0.15) is 0 Å². The van der Waals surface area contributed by atoms with Crippen LogP contribution >= 0.6 is 0 Å². The first-order chi connectivity index (χ1) is 12.0. The van der Waals surface area contributed by atoms with Crippen LogP contribution in [0.3, 0.4) is 0 Å². The lowest BCUT2D eigenvalue weighted by molar-refractivity contribution is 0.0586. The van der Waals surface area contributed by atoms with Gasteiger partial charge in [-0.25, -0.2) is 4.98 Å². The van der Waals surface area contributed by atoms with E-state index < -0.39 is 0 Å². The lowest BCUT2D eigenvalue weighted by Crippen LogP contribution is -2.51. The second kappa shape index (κ2) is 7.40. The molecule has 0 aromatic carbocycles. The fraction of sp³-hybridized carbons (Fsp3) is 0.500. The summed E-state index contributed by atoms with van der Waals surface area (Å²) in [5, 5.41) is 0. The molecule has 1 fully saturated rings. The highest BCUT2D eigenvalue weighted by Crippen LogP contribution is 2.25. The van der Waals surface area contributed by atoms with Crippen LogP contribution in [-0.4, -0.2) is 57.5 Å². The van der Waals surface area contributed by atoms with Crippen molar-refractivity contribution in [3.63, 3.8) is 0 Å². The predicted octanol–water partition coefficient (Wildman–Crippen LogP) is 2.88. The Morgan fingerprint density at radius 3 is 2.56 bits per heavy atom. The zero-order valence-electron chi connectivity index (χ0n) is 15.7. The van der Waals surface area contributed by atoms with Crippen LogP contribution < -0.4 is 0 Å². The number of piperazine rings is 1. The zero-order chi connectivity index (χ0) is 18.0. The maximum atomic E-state index is 12.9. The van der Waals surface area contributed by atoms with Gasteiger partial charge in [-0.1, -0.05) is 24.3 Å². The molecule has 25 heavy (non-hydrogen) atoms. The van der Waals surface area contributed by atoms with Gasteiger partial charge in [0.25, 0.3) is 5.91 Å². The molecule has 0 radical (unpaired) electrons. The van der Waals surface area contributed by atoms with Crippen LogP contribution in [0.2, 0.25) is 0 Å². The van der Waals surface area contributed by atoms with E-state index in [0.717, 1.165) is 38.4 Å². The fourth-order valence-corrected chi connectivity index (χ4v) is 3.49. The first kappa shape index (κ1) is 17.7. The van der Waals surface area contributed by atoms with Crippen molar-refractivity contribution >= 4 is 11.5 Å². The van der Waals surface area contributed by atoms with Crippen LogP contribution in [0.25, 0.3) is 5.57 Å². The van der Waals surface area contributed by atoms with Crippen LogP contribution in [0.1, 0.15) is 43.5 Å². The number of carbonyl (C=O) groups is 1. The third-order valence-electron chi connectivity index (χ3n) is 5.20. The molecule has 0 saturated carbocycles. The number of rotatable bonds is 3. The Morgan fingerprint density at radius 1 is 1.16 bits per heavy atom. The van der Waals surface area contributed by atoms with Crippen molar-refractivity contribution in [1.29, 1.82) is 0 Å². The summed E-state index contributed by atoms with van der Waals surface area (Å²) < 4.78 is 1.95. The summed E-state index contributed by atoms with van der Waals surface area (Å²) >= 11 is 0. The van der Waals surface area contributed by atoms with Gasteiger partial charge in [0, 0.05) is 44.8 Å². The molecule has 3 rings (SSSR count). The average Bonchev–Trinajstić information content (AvgIpc) is 2.85. The number of nitrogens with zero attached hydrogens (tertiary/aromatic N) is 4. The summed E-state index contributed by atoms with van der Waals surface area (Å²) in [5.41, 5.74) is 3.05. The van der Waals surface area contributed by atoms with Gasteiger partial charge in [-0.3, -0.25) is 9.69 Å². The molecule has 1 saturated heterocycles. The molecule has 2 aliphatic rings. The number of aromatic nitrogens is 2. The van der Waals surface area contributed by atoms with Crippen LogP contribution in [0, 0.1) is 0 Å². The van der Waals surface area contributed by atoms with Gasteiger partial charge < -0.3 is 9.47 Å². The number of hydrogen-bond donors (Lipinski definition) is 0. The standard InChI is InChI=1S/C20H28N4O/c1-15(2)23-10-12-24(13-11-23)20(25)18-14-21-19(22(18)4)17-9-7-5-6-8-16(17)3/h5-8,14-15H,9-13H2,1-4H3. The summed E-state index contributed by atoms with van der Waals surface area (Å²) in [7, 11) is 1.94. The normalized spacial score (nSPS) is 19.0. The number of carbonyl (C=O) groups excluding carboxylic acids is 1. The third-order valence-corrected chi connectivity index (χ3v) is 5.20. The highest BCUT2D eigenvalue weighted by molar-refractivity contribution is 5.93. The Balaban J connectivity index is 1.79. The summed E-state index contributed by atoms with van der Waals surface area (Å²) in [6.45, 7) is 9.95. The predicted molar refractivity (Wildman–Crippen MR) is 101 cm³/mol. The molecule has 5 heteroatoms. The molecule has 1 aliphatic heterocycles. The molecule has 0 bridgehead atoms. The highest BCUT2D eigenvalue weighted by Gasteiger charge is 2.26. The molecule has 1 aromatic rings. The van der Waals surface area contributed by atoms with Crippen molar-refractivity contribution in [2.45, 2.75) is 33.2 Å². The number of amides is 1. The van der Waals surface area contributed by atoms with E-state index in [9.17, 15) is 4.79 Å². The molecule has 0 N–H and O–H groups in total. The van der Waals surface area contributed by atoms with Gasteiger partial charge in [-0.15, -0.1) is 0 Å². The van der Waals surface area contributed by atoms with E-state index in [1.54, 1.807) is 6.20 Å². The summed E-state index contributed by atoms with van der Waals surface area (Å²) in [5.74, 6) is 0.973. The Hall–Kier alpha value is -2.14. The number of allylic oxidation sites excluding steroid dienone is 6. The second-order valence-electron chi connectivity index (χ2n) is 7.10. The van der Waals surface area contributed by atoms with E-state index in [1.165, 1.54) is 11.1 Å². The van der Waals surface area contributed by atoms with Crippen molar-refractivity contribution in [1.82, 2.24) is 19.4 Å². The first-order valence-corrected chi connectivity index (χ1v) is 9.07. The van der Waals surface area contributed by atoms with Gasteiger partial charge in [0.1, 0.15) is 11.5 Å². The topological polar surface area (TPSA) is 41.4 Å². The molecule has 0 spiro atoms. The summed E-state index contributed by atoms with van der Waals surface area (Å²) in [6, 6.07) is 0.534. The SMILES string of the molecule is CC1=C(c2ncc(C(=O)N3CCN(C(C)C)CC3)n2C)CC=CC=C1. The Bertz CT molecular complexity index is 731. The molecule has 0 unspecified atom stereocenters. The van der Waals surface area contributed by atoms with Crippen LogP contribution in [-0.2, 0) is 7.05 Å². The lowest BCUT2D eigenvalue weighted by Gasteiger charge is -2.36. The molecule has 134 valence electrons. The van der Waals surface area contributed by atoms with Crippen LogP contribution in [0.15, 0.2) is 36.1 Å². The van der Waals surface area contributed by atoms with Gasteiger partial charge >= 0.3 is 0 Å². The van der Waals surface area contributed by atoms with Crippen molar-refractivity contribution < 1.29 is 4.79 Å². The molecule has 1 aromatic heterocycles. The molecule has 0 atom stereocenters. The summed E-state index contributed by atoms with van der Waals surface area (Å²) in [6.07, 6.45) is 10.9. The van der Waals surface area contributed by atoms with Crippen LogP contribution in [0.5, 0.6) is 0 Å². The molecule has 2 heterocycles. The molecular weight excluding hydrogens is 312 g/mol.